The van der Waals surface area contributed by atoms with Crippen LogP contribution in [-0.2, 0) is 9.53 Å². The minimum atomic E-state index is -0.758. The molecule has 0 spiro atoms. The SMILES string of the molecule is C=C[C@]1(C)C[C@@H](O)[C@]2(C)[C@H](C)CC[C@]3(CC(=C)C(=O)[C@H]32)[C@@H](C)[C@@H]1OC(=O)c1cccc(Oc2ccccc2)c1. The number of para-hydroxylation sites is 1. The smallest absolute Gasteiger partial charge is 0.338 e. The van der Waals surface area contributed by atoms with Crippen molar-refractivity contribution in [1.29, 1.82) is 0 Å². The van der Waals surface area contributed by atoms with Crippen molar-refractivity contribution in [2.75, 3.05) is 0 Å². The first-order chi connectivity index (χ1) is 18.5. The second-order valence-corrected chi connectivity index (χ2v) is 12.6. The number of ketones is 1. The van der Waals surface area contributed by atoms with E-state index in [9.17, 15) is 14.7 Å². The number of benzene rings is 2. The Bertz CT molecular complexity index is 1300. The van der Waals surface area contributed by atoms with Crippen LogP contribution in [0, 0.1) is 34.0 Å². The summed E-state index contributed by atoms with van der Waals surface area (Å²) in [6.07, 6.45) is 3.12. The molecular weight excluding hydrogens is 488 g/mol. The van der Waals surface area contributed by atoms with Crippen molar-refractivity contribution in [3.05, 3.63) is 85.0 Å². The third-order valence-corrected chi connectivity index (χ3v) is 10.6. The predicted octanol–water partition coefficient (Wildman–Crippen LogP) is 7.17. The maximum atomic E-state index is 13.7. The van der Waals surface area contributed by atoms with E-state index in [2.05, 4.69) is 33.9 Å². The van der Waals surface area contributed by atoms with Gasteiger partial charge < -0.3 is 14.6 Å². The Labute approximate surface area is 231 Å². The van der Waals surface area contributed by atoms with E-state index in [1.807, 2.05) is 43.3 Å². The number of allylic oxidation sites excluding steroid dienone is 1. The largest absolute Gasteiger partial charge is 0.458 e. The fourth-order valence-electron chi connectivity index (χ4n) is 8.00. The molecule has 3 saturated carbocycles. The lowest BCUT2D eigenvalue weighted by Crippen LogP contribution is -2.62. The third kappa shape index (κ3) is 4.26. The van der Waals surface area contributed by atoms with Gasteiger partial charge in [0.25, 0.3) is 0 Å². The van der Waals surface area contributed by atoms with E-state index in [1.54, 1.807) is 24.3 Å². The standard InChI is InChI=1S/C34H40O5/c1-7-32(5)20-27(35)33(6)22(3)16-17-34(19-21(2)28(36)29(33)34)23(4)30(32)39-31(37)24-12-11-15-26(18-24)38-25-13-9-8-10-14-25/h7-15,18,22-23,27,29-30,35H,1-2,16-17,19-20H2,3-6H3/t22-,23+,27-,29+,30+,32-,33+,34+/m1/s1. The Balaban J connectivity index is 1.52. The number of hydrogen-bond donors (Lipinski definition) is 1. The third-order valence-electron chi connectivity index (χ3n) is 10.6. The molecule has 3 aliphatic rings. The van der Waals surface area contributed by atoms with Gasteiger partial charge in [-0.15, -0.1) is 6.58 Å². The van der Waals surface area contributed by atoms with Crippen LogP contribution in [0.25, 0.3) is 0 Å². The molecule has 0 saturated heterocycles. The maximum absolute atomic E-state index is 13.7. The average molecular weight is 529 g/mol. The van der Waals surface area contributed by atoms with Crippen LogP contribution in [0.3, 0.4) is 0 Å². The van der Waals surface area contributed by atoms with Gasteiger partial charge in [-0.2, -0.15) is 0 Å². The van der Waals surface area contributed by atoms with Gasteiger partial charge in [-0.05, 0) is 72.9 Å². The van der Waals surface area contributed by atoms with Crippen LogP contribution in [0.5, 0.6) is 11.5 Å². The molecular formula is C34H40O5. The monoisotopic (exact) mass is 528 g/mol. The normalized spacial score (nSPS) is 37.8. The quantitative estimate of drug-likeness (QED) is 0.253. The highest BCUT2D eigenvalue weighted by Gasteiger charge is 2.68. The van der Waals surface area contributed by atoms with Crippen LogP contribution in [-0.4, -0.2) is 29.1 Å². The summed E-state index contributed by atoms with van der Waals surface area (Å²) in [5, 5.41) is 11.8. The molecule has 2 aromatic carbocycles. The van der Waals surface area contributed by atoms with E-state index < -0.39 is 34.4 Å². The molecule has 2 bridgehead atoms. The van der Waals surface area contributed by atoms with Crippen LogP contribution in [0.1, 0.15) is 63.7 Å². The van der Waals surface area contributed by atoms with Crippen molar-refractivity contribution in [2.45, 2.75) is 65.6 Å². The first-order valence-corrected chi connectivity index (χ1v) is 14.0. The Morgan fingerprint density at radius 1 is 1.08 bits per heavy atom. The van der Waals surface area contributed by atoms with Crippen LogP contribution < -0.4 is 4.74 Å². The molecule has 5 rings (SSSR count). The summed E-state index contributed by atoms with van der Waals surface area (Å²) < 4.78 is 12.3. The first-order valence-electron chi connectivity index (χ1n) is 14.0. The molecule has 39 heavy (non-hydrogen) atoms. The summed E-state index contributed by atoms with van der Waals surface area (Å²) in [5.74, 6) is 0.482. The second kappa shape index (κ2) is 9.78. The van der Waals surface area contributed by atoms with Crippen molar-refractivity contribution in [3.63, 3.8) is 0 Å². The molecule has 0 heterocycles. The summed E-state index contributed by atoms with van der Waals surface area (Å²) in [5.41, 5.74) is -0.726. The highest BCUT2D eigenvalue weighted by atomic mass is 16.5. The molecule has 8 atom stereocenters. The summed E-state index contributed by atoms with van der Waals surface area (Å²) in [6.45, 7) is 16.6. The number of ether oxygens (including phenoxy) is 2. The van der Waals surface area contributed by atoms with Gasteiger partial charge in [0.15, 0.2) is 5.78 Å². The summed E-state index contributed by atoms with van der Waals surface area (Å²) >= 11 is 0. The molecule has 206 valence electrons. The fourth-order valence-corrected chi connectivity index (χ4v) is 8.00. The highest BCUT2D eigenvalue weighted by Crippen LogP contribution is 2.68. The number of esters is 1. The van der Waals surface area contributed by atoms with E-state index >= 15 is 0 Å². The highest BCUT2D eigenvalue weighted by molar-refractivity contribution is 6.00. The Kier molecular flexibility index (Phi) is 6.87. The van der Waals surface area contributed by atoms with E-state index in [0.29, 0.717) is 35.5 Å². The summed E-state index contributed by atoms with van der Waals surface area (Å²) in [4.78, 5) is 27.4. The van der Waals surface area contributed by atoms with Crippen molar-refractivity contribution < 1.29 is 24.2 Å². The van der Waals surface area contributed by atoms with Gasteiger partial charge in [-0.3, -0.25) is 4.79 Å². The van der Waals surface area contributed by atoms with Gasteiger partial charge in [0.1, 0.15) is 17.6 Å². The molecule has 3 fully saturated rings. The Hall–Kier alpha value is -3.18. The zero-order chi connectivity index (χ0) is 28.2. The van der Waals surface area contributed by atoms with Crippen molar-refractivity contribution in [2.24, 2.45) is 34.0 Å². The van der Waals surface area contributed by atoms with Gasteiger partial charge in [-0.1, -0.05) is 64.6 Å². The lowest BCUT2D eigenvalue weighted by molar-refractivity contribution is -0.191. The number of Topliss-reactive ketones (excluding diaryl/α,β-unsaturated/α-hetero) is 1. The number of hydrogen-bond acceptors (Lipinski definition) is 5. The van der Waals surface area contributed by atoms with Crippen molar-refractivity contribution in [1.82, 2.24) is 0 Å². The van der Waals surface area contributed by atoms with E-state index in [-0.39, 0.29) is 23.5 Å². The molecule has 0 aliphatic heterocycles. The topological polar surface area (TPSA) is 72.8 Å². The Morgan fingerprint density at radius 2 is 1.77 bits per heavy atom. The minimum Gasteiger partial charge on any atom is -0.458 e. The molecule has 2 aromatic rings. The number of aliphatic hydroxyl groups is 1. The predicted molar refractivity (Wildman–Crippen MR) is 151 cm³/mol. The maximum Gasteiger partial charge on any atom is 0.338 e. The zero-order valence-electron chi connectivity index (χ0n) is 23.5. The molecule has 3 aliphatic carbocycles. The van der Waals surface area contributed by atoms with Crippen LogP contribution in [0.4, 0.5) is 0 Å². The number of aliphatic hydroxyl groups excluding tert-OH is 1. The van der Waals surface area contributed by atoms with Gasteiger partial charge in [0.2, 0.25) is 0 Å². The van der Waals surface area contributed by atoms with Crippen LogP contribution in [0.15, 0.2) is 79.4 Å². The summed E-state index contributed by atoms with van der Waals surface area (Å²) in [7, 11) is 0. The van der Waals surface area contributed by atoms with Gasteiger partial charge in [0, 0.05) is 22.7 Å². The lowest BCUT2D eigenvalue weighted by atomic mass is 9.44. The fraction of sp³-hybridized carbons (Fsp3) is 0.471. The van der Waals surface area contributed by atoms with E-state index in [1.165, 1.54) is 0 Å². The van der Waals surface area contributed by atoms with Crippen LogP contribution in [0.2, 0.25) is 0 Å². The average Bonchev–Trinajstić information content (AvgIpc) is 3.20. The zero-order valence-corrected chi connectivity index (χ0v) is 23.5. The van der Waals surface area contributed by atoms with Crippen molar-refractivity contribution >= 4 is 11.8 Å². The molecule has 0 aromatic heterocycles. The molecule has 0 unspecified atom stereocenters. The molecule has 5 nitrogen and oxygen atoms in total. The lowest BCUT2D eigenvalue weighted by Gasteiger charge is -2.61. The molecule has 5 heteroatoms. The van der Waals surface area contributed by atoms with Gasteiger partial charge >= 0.3 is 5.97 Å². The van der Waals surface area contributed by atoms with E-state index in [0.717, 1.165) is 12.8 Å². The number of rotatable bonds is 5. The number of carbonyl (C=O) groups excluding carboxylic acids is 2. The molecule has 0 amide bonds. The van der Waals surface area contributed by atoms with Crippen molar-refractivity contribution in [3.8, 4) is 11.5 Å². The van der Waals surface area contributed by atoms with Gasteiger partial charge in [-0.25, -0.2) is 4.79 Å². The molecule has 1 N–H and O–H groups in total. The summed E-state index contributed by atoms with van der Waals surface area (Å²) in [6, 6.07) is 16.4. The second-order valence-electron chi connectivity index (χ2n) is 12.6. The number of carbonyl (C=O) groups is 2. The molecule has 0 radical (unpaired) electrons. The van der Waals surface area contributed by atoms with E-state index in [4.69, 9.17) is 9.47 Å². The van der Waals surface area contributed by atoms with Crippen LogP contribution >= 0.6 is 0 Å². The Morgan fingerprint density at radius 3 is 2.46 bits per heavy atom. The first kappa shape index (κ1) is 27.4. The van der Waals surface area contributed by atoms with Gasteiger partial charge in [0.05, 0.1) is 11.7 Å². The minimum absolute atomic E-state index is 0.0630.